The molecule has 0 amide bonds. The highest BCUT2D eigenvalue weighted by atomic mass is 32.2. The Hall–Kier alpha value is -3.31. The van der Waals surface area contributed by atoms with Crippen LogP contribution < -0.4 is 15.8 Å². The molecule has 0 radical (unpaired) electrons. The average molecular weight is 556 g/mol. The predicted octanol–water partition coefficient (Wildman–Crippen LogP) is 4.61. The molecule has 4 heterocycles. The minimum absolute atomic E-state index is 0.0451. The summed E-state index contributed by atoms with van der Waals surface area (Å²) in [6, 6.07) is 5.32. The maximum Gasteiger partial charge on any atom is 0.340 e. The fourth-order valence-corrected chi connectivity index (χ4v) is 5.17. The Labute approximate surface area is 229 Å². The summed E-state index contributed by atoms with van der Waals surface area (Å²) in [4.78, 5) is 26.1. The number of anilines is 2. The molecule has 0 saturated heterocycles. The fraction of sp³-hybridized carbons (Fsp3) is 0.500. The molecule has 3 aromatic heterocycles. The van der Waals surface area contributed by atoms with Crippen LogP contribution in [0.5, 0.6) is 5.88 Å². The molecule has 0 unspecified atom stereocenters. The van der Waals surface area contributed by atoms with Crippen LogP contribution in [0.25, 0.3) is 10.8 Å². The third-order valence-corrected chi connectivity index (χ3v) is 9.28. The molecule has 1 aliphatic heterocycles. The number of fused-ring (bicyclic) bond motifs is 2. The van der Waals surface area contributed by atoms with E-state index in [1.807, 2.05) is 40.7 Å². The SMILES string of the molecule is CC[C@@](C)(N)c1cnc(O[C@H](C)C[C@@H](C)S(C)(=O)=O)c2cnc(Nc3ccc4c(n3)[C@@H](C)[C@@H](C)OC4=O)cc12. The van der Waals surface area contributed by atoms with Gasteiger partial charge in [-0.1, -0.05) is 13.8 Å². The first-order chi connectivity index (χ1) is 18.2. The van der Waals surface area contributed by atoms with Crippen molar-refractivity contribution in [1.29, 1.82) is 0 Å². The molecular formula is C28H37N5O5S. The molecule has 5 atom stereocenters. The summed E-state index contributed by atoms with van der Waals surface area (Å²) >= 11 is 0. The Balaban J connectivity index is 1.71. The van der Waals surface area contributed by atoms with Gasteiger partial charge >= 0.3 is 5.97 Å². The van der Waals surface area contributed by atoms with E-state index in [2.05, 4.69) is 15.3 Å². The van der Waals surface area contributed by atoms with Gasteiger partial charge in [-0.15, -0.1) is 0 Å². The van der Waals surface area contributed by atoms with Crippen molar-refractivity contribution in [1.82, 2.24) is 15.0 Å². The Bertz CT molecular complexity index is 1510. The number of carbonyl (C=O) groups is 1. The molecule has 0 fully saturated rings. The summed E-state index contributed by atoms with van der Waals surface area (Å²) in [6.45, 7) is 11.3. The van der Waals surface area contributed by atoms with Crippen LogP contribution in [0.15, 0.2) is 30.6 Å². The summed E-state index contributed by atoms with van der Waals surface area (Å²) < 4.78 is 35.3. The number of hydrogen-bond donors (Lipinski definition) is 2. The number of sulfone groups is 1. The van der Waals surface area contributed by atoms with Gasteiger partial charge in [-0.05, 0) is 63.3 Å². The van der Waals surface area contributed by atoms with Gasteiger partial charge in [0.1, 0.15) is 27.6 Å². The average Bonchev–Trinajstić information content (AvgIpc) is 2.86. The van der Waals surface area contributed by atoms with E-state index >= 15 is 0 Å². The molecule has 0 bridgehead atoms. The van der Waals surface area contributed by atoms with Gasteiger partial charge in [0.25, 0.3) is 0 Å². The van der Waals surface area contributed by atoms with E-state index in [1.54, 1.807) is 31.5 Å². The fourth-order valence-electron chi connectivity index (χ4n) is 4.55. The number of nitrogens with two attached hydrogens (primary N) is 1. The van der Waals surface area contributed by atoms with E-state index in [4.69, 9.17) is 20.2 Å². The monoisotopic (exact) mass is 555 g/mol. The Morgan fingerprint density at radius 3 is 2.54 bits per heavy atom. The molecule has 3 aromatic rings. The highest BCUT2D eigenvalue weighted by Crippen LogP contribution is 2.35. The van der Waals surface area contributed by atoms with Crippen LogP contribution in [0.1, 0.15) is 81.9 Å². The van der Waals surface area contributed by atoms with Crippen molar-refractivity contribution in [2.75, 3.05) is 11.6 Å². The van der Waals surface area contributed by atoms with Crippen molar-refractivity contribution in [2.24, 2.45) is 5.73 Å². The van der Waals surface area contributed by atoms with Crippen LogP contribution in [0.4, 0.5) is 11.6 Å². The lowest BCUT2D eigenvalue weighted by atomic mass is 9.88. The van der Waals surface area contributed by atoms with E-state index in [9.17, 15) is 13.2 Å². The second kappa shape index (κ2) is 10.7. The van der Waals surface area contributed by atoms with Crippen LogP contribution in [0.2, 0.25) is 0 Å². The molecule has 0 saturated carbocycles. The highest BCUT2D eigenvalue weighted by molar-refractivity contribution is 7.91. The first kappa shape index (κ1) is 28.7. The second-order valence-corrected chi connectivity index (χ2v) is 13.3. The number of rotatable bonds is 9. The lowest BCUT2D eigenvalue weighted by molar-refractivity contribution is 0.0235. The first-order valence-electron chi connectivity index (χ1n) is 13.1. The molecule has 0 aliphatic carbocycles. The third kappa shape index (κ3) is 5.99. The second-order valence-electron chi connectivity index (χ2n) is 10.8. The van der Waals surface area contributed by atoms with Gasteiger partial charge in [-0.2, -0.15) is 0 Å². The van der Waals surface area contributed by atoms with Gasteiger partial charge in [-0.3, -0.25) is 0 Å². The summed E-state index contributed by atoms with van der Waals surface area (Å²) in [5.41, 5.74) is 7.97. The Morgan fingerprint density at radius 2 is 1.87 bits per heavy atom. The van der Waals surface area contributed by atoms with Crippen LogP contribution in [0.3, 0.4) is 0 Å². The van der Waals surface area contributed by atoms with Crippen molar-refractivity contribution in [3.05, 3.63) is 47.4 Å². The zero-order chi connectivity index (χ0) is 28.7. The van der Waals surface area contributed by atoms with Crippen molar-refractivity contribution in [3.8, 4) is 5.88 Å². The van der Waals surface area contributed by atoms with Crippen LogP contribution >= 0.6 is 0 Å². The van der Waals surface area contributed by atoms with Gasteiger partial charge in [-0.25, -0.2) is 28.2 Å². The van der Waals surface area contributed by atoms with Crippen molar-refractivity contribution < 1.29 is 22.7 Å². The first-order valence-corrected chi connectivity index (χ1v) is 15.1. The number of hydrogen-bond acceptors (Lipinski definition) is 10. The minimum atomic E-state index is -3.18. The maximum atomic E-state index is 12.3. The van der Waals surface area contributed by atoms with Gasteiger partial charge in [0.15, 0.2) is 0 Å². The van der Waals surface area contributed by atoms with E-state index in [0.717, 1.165) is 10.9 Å². The van der Waals surface area contributed by atoms with Crippen LogP contribution in [0, 0.1) is 0 Å². The zero-order valence-corrected chi connectivity index (χ0v) is 24.3. The minimum Gasteiger partial charge on any atom is -0.474 e. The zero-order valence-electron chi connectivity index (χ0n) is 23.5. The third-order valence-electron chi connectivity index (χ3n) is 7.62. The molecule has 10 nitrogen and oxygen atoms in total. The molecule has 39 heavy (non-hydrogen) atoms. The molecule has 1 aliphatic rings. The molecule has 11 heteroatoms. The molecule has 4 rings (SSSR count). The molecule has 210 valence electrons. The number of carbonyl (C=O) groups excluding carboxylic acids is 1. The number of ether oxygens (including phenoxy) is 2. The van der Waals surface area contributed by atoms with Crippen molar-refractivity contribution in [2.45, 2.75) is 83.3 Å². The largest absolute Gasteiger partial charge is 0.474 e. The van der Waals surface area contributed by atoms with Crippen molar-refractivity contribution in [3.63, 3.8) is 0 Å². The smallest absolute Gasteiger partial charge is 0.340 e. The topological polar surface area (TPSA) is 146 Å². The maximum absolute atomic E-state index is 12.3. The van der Waals surface area contributed by atoms with Gasteiger partial charge in [0, 0.05) is 36.5 Å². The molecule has 3 N–H and O–H groups in total. The summed E-state index contributed by atoms with van der Waals surface area (Å²) in [6.07, 6.45) is 4.96. The standard InChI is InChI=1S/C28H37N5O5S/c1-8-28(6,29)22-14-31-26(37-15(2)11-16(3)39(7,35)36)21-13-30-24(12-20(21)22)32-23-10-9-19-25(33-23)17(4)18(5)38-27(19)34/h9-10,12-18H,8,11,29H2,1-7H3,(H,30,32,33)/t15-,16-,17+,18-,28-/m1/s1. The summed E-state index contributed by atoms with van der Waals surface area (Å²) in [7, 11) is -3.18. The van der Waals surface area contributed by atoms with Crippen molar-refractivity contribution >= 4 is 38.2 Å². The molecular weight excluding hydrogens is 518 g/mol. The molecule has 0 aromatic carbocycles. The van der Waals surface area contributed by atoms with E-state index in [1.165, 1.54) is 6.26 Å². The van der Waals surface area contributed by atoms with E-state index in [-0.39, 0.29) is 24.1 Å². The predicted molar refractivity (Wildman–Crippen MR) is 151 cm³/mol. The Morgan fingerprint density at radius 1 is 1.15 bits per heavy atom. The number of nitrogens with one attached hydrogen (secondary N) is 1. The van der Waals surface area contributed by atoms with E-state index in [0.29, 0.717) is 47.0 Å². The van der Waals surface area contributed by atoms with Gasteiger partial charge in [0.05, 0.1) is 28.0 Å². The summed E-state index contributed by atoms with van der Waals surface area (Å²) in [5, 5.41) is 4.20. The van der Waals surface area contributed by atoms with Crippen LogP contribution in [-0.2, 0) is 20.1 Å². The van der Waals surface area contributed by atoms with Gasteiger partial charge in [0.2, 0.25) is 5.88 Å². The number of pyridine rings is 3. The number of esters is 1. The lowest BCUT2D eigenvalue weighted by Crippen LogP contribution is -2.32. The Kier molecular flexibility index (Phi) is 7.86. The lowest BCUT2D eigenvalue weighted by Gasteiger charge is -2.27. The number of aromatic nitrogens is 3. The van der Waals surface area contributed by atoms with E-state index < -0.39 is 20.6 Å². The quantitative estimate of drug-likeness (QED) is 0.359. The normalized spacial score (nSPS) is 20.5. The van der Waals surface area contributed by atoms with Crippen LogP contribution in [-0.4, -0.2) is 53.1 Å². The number of cyclic esters (lactones) is 1. The summed E-state index contributed by atoms with van der Waals surface area (Å²) in [5.74, 6) is 1.04. The van der Waals surface area contributed by atoms with Gasteiger partial charge < -0.3 is 20.5 Å². The highest BCUT2D eigenvalue weighted by Gasteiger charge is 2.31. The molecule has 0 spiro atoms. The number of nitrogens with zero attached hydrogens (tertiary/aromatic N) is 3.